The molecule has 0 aliphatic carbocycles. The molecule has 0 radical (unpaired) electrons. The van der Waals surface area contributed by atoms with E-state index in [0.717, 1.165) is 36.5 Å². The second-order valence-electron chi connectivity index (χ2n) is 5.24. The minimum absolute atomic E-state index is 0.225. The van der Waals surface area contributed by atoms with E-state index >= 15 is 0 Å². The zero-order valence-electron chi connectivity index (χ0n) is 11.6. The van der Waals surface area contributed by atoms with Gasteiger partial charge in [-0.15, -0.1) is 0 Å². The first-order valence-corrected chi connectivity index (χ1v) is 8.60. The predicted octanol–water partition coefficient (Wildman–Crippen LogP) is 2.53. The first-order chi connectivity index (χ1) is 10.5. The van der Waals surface area contributed by atoms with Gasteiger partial charge >= 0.3 is 154 Å². The van der Waals surface area contributed by atoms with Crippen LogP contribution in [0.25, 0.3) is 0 Å². The SMILES string of the molecule is NC[C@@H]1c2c[c]([Y])ccc2Oc2ccc(Cl)cc2[C@H]1C(=O)O. The maximum absolute atomic E-state index is 11.9. The fourth-order valence-corrected chi connectivity index (χ4v) is 3.75. The third-order valence-electron chi connectivity index (χ3n) is 3.88. The van der Waals surface area contributed by atoms with Gasteiger partial charge in [0.15, 0.2) is 0 Å². The summed E-state index contributed by atoms with van der Waals surface area (Å²) in [7, 11) is 0. The van der Waals surface area contributed by atoms with Crippen LogP contribution >= 0.6 is 11.6 Å². The fraction of sp³-hybridized carbons (Fsp3) is 0.188. The Morgan fingerprint density at radius 2 is 1.91 bits per heavy atom. The van der Waals surface area contributed by atoms with Crippen LogP contribution in [-0.2, 0) is 35.7 Å². The van der Waals surface area contributed by atoms with Gasteiger partial charge < -0.3 is 0 Å². The van der Waals surface area contributed by atoms with Crippen molar-refractivity contribution in [1.29, 1.82) is 0 Å². The topological polar surface area (TPSA) is 72.5 Å². The molecule has 0 amide bonds. The van der Waals surface area contributed by atoms with Crippen LogP contribution in [-0.4, -0.2) is 17.6 Å². The van der Waals surface area contributed by atoms with E-state index in [1.165, 1.54) is 2.37 Å². The van der Waals surface area contributed by atoms with Crippen LogP contribution in [0.1, 0.15) is 23.0 Å². The number of rotatable bonds is 2. The van der Waals surface area contributed by atoms with Crippen LogP contribution in [0.15, 0.2) is 36.4 Å². The van der Waals surface area contributed by atoms with Gasteiger partial charge in [0.2, 0.25) is 0 Å². The number of benzene rings is 2. The Hall–Kier alpha value is -0.936. The molecular formula is C16H13ClNO3Y. The number of fused-ring (bicyclic) bond motifs is 2. The van der Waals surface area contributed by atoms with E-state index in [1.54, 1.807) is 18.2 Å². The van der Waals surface area contributed by atoms with E-state index in [2.05, 4.69) is 0 Å². The summed E-state index contributed by atoms with van der Waals surface area (Å²) < 4.78 is 7.13. The summed E-state index contributed by atoms with van der Waals surface area (Å²) in [6.45, 7) is 0.225. The van der Waals surface area contributed by atoms with E-state index in [-0.39, 0.29) is 12.5 Å². The third-order valence-corrected chi connectivity index (χ3v) is 5.00. The zero-order valence-corrected chi connectivity index (χ0v) is 15.2. The van der Waals surface area contributed by atoms with Gasteiger partial charge in [0.25, 0.3) is 0 Å². The number of hydrogen-bond acceptors (Lipinski definition) is 3. The Labute approximate surface area is 153 Å². The molecule has 1 heterocycles. The van der Waals surface area contributed by atoms with Crippen LogP contribution in [0, 0.1) is 0 Å². The van der Waals surface area contributed by atoms with Crippen molar-refractivity contribution in [1.82, 2.24) is 0 Å². The number of hydrogen-bond donors (Lipinski definition) is 2. The molecule has 1 aliphatic rings. The molecule has 0 spiro atoms. The van der Waals surface area contributed by atoms with E-state index in [1.807, 2.05) is 18.2 Å². The molecule has 6 heteroatoms. The average Bonchev–Trinajstić information content (AvgIpc) is 2.60. The van der Waals surface area contributed by atoms with Crippen molar-refractivity contribution in [2.24, 2.45) is 5.73 Å². The van der Waals surface area contributed by atoms with Crippen molar-refractivity contribution in [3.63, 3.8) is 0 Å². The van der Waals surface area contributed by atoms with Gasteiger partial charge in [-0.05, 0) is 0 Å². The second-order valence-corrected chi connectivity index (χ2v) is 7.31. The van der Waals surface area contributed by atoms with Crippen LogP contribution in [0.3, 0.4) is 0 Å². The Bertz CT molecular complexity index is 750. The number of aliphatic carboxylic acids is 1. The number of carboxylic acid groups (broad SMARTS) is 1. The number of carbonyl (C=O) groups is 1. The second kappa shape index (κ2) is 6.28. The van der Waals surface area contributed by atoms with E-state index < -0.39 is 11.9 Å². The Balaban J connectivity index is 2.27. The Kier molecular flexibility index (Phi) is 4.55. The van der Waals surface area contributed by atoms with Gasteiger partial charge in [-0.1, -0.05) is 0 Å². The number of halogens is 1. The zero-order chi connectivity index (χ0) is 15.9. The molecule has 0 aromatic heterocycles. The molecule has 0 bridgehead atoms. The first-order valence-electron chi connectivity index (χ1n) is 6.81. The molecule has 2 atom stereocenters. The molecule has 3 rings (SSSR count). The van der Waals surface area contributed by atoms with Gasteiger partial charge in [0.1, 0.15) is 0 Å². The van der Waals surface area contributed by atoms with E-state index in [4.69, 9.17) is 22.1 Å². The predicted molar refractivity (Wildman–Crippen MR) is 79.8 cm³/mol. The first kappa shape index (κ1) is 15.9. The molecule has 22 heavy (non-hydrogen) atoms. The summed E-state index contributed by atoms with van der Waals surface area (Å²) in [4.78, 5) is 11.9. The molecule has 0 saturated carbocycles. The Morgan fingerprint density at radius 1 is 1.23 bits per heavy atom. The van der Waals surface area contributed by atoms with E-state index in [9.17, 15) is 9.90 Å². The maximum atomic E-state index is 11.9. The van der Waals surface area contributed by atoms with Gasteiger partial charge in [-0.3, -0.25) is 0 Å². The van der Waals surface area contributed by atoms with Crippen molar-refractivity contribution in [2.45, 2.75) is 11.8 Å². The average molecular weight is 392 g/mol. The molecule has 3 N–H and O–H groups in total. The van der Waals surface area contributed by atoms with Crippen LogP contribution < -0.4 is 12.8 Å². The molecule has 2 aromatic carbocycles. The van der Waals surface area contributed by atoms with Crippen LogP contribution in [0.2, 0.25) is 5.02 Å². The molecule has 4 nitrogen and oxygen atoms in total. The van der Waals surface area contributed by atoms with Crippen LogP contribution in [0.5, 0.6) is 11.5 Å². The molecule has 110 valence electrons. The monoisotopic (exact) mass is 391 g/mol. The van der Waals surface area contributed by atoms with Gasteiger partial charge in [0.05, 0.1) is 0 Å². The fourth-order valence-electron chi connectivity index (χ4n) is 2.89. The molecule has 2 aromatic rings. The summed E-state index contributed by atoms with van der Waals surface area (Å²) >= 11 is 7.00. The number of ether oxygens (including phenoxy) is 1. The summed E-state index contributed by atoms with van der Waals surface area (Å²) in [6.07, 6.45) is 0. The van der Waals surface area contributed by atoms with Gasteiger partial charge in [0, 0.05) is 0 Å². The summed E-state index contributed by atoms with van der Waals surface area (Å²) in [5.74, 6) is -0.856. The molecule has 0 saturated heterocycles. The van der Waals surface area contributed by atoms with Gasteiger partial charge in [-0.2, -0.15) is 0 Å². The summed E-state index contributed by atoms with van der Waals surface area (Å²) in [5.41, 5.74) is 7.34. The third kappa shape index (κ3) is 2.81. The summed E-state index contributed by atoms with van der Waals surface area (Å²) in [5, 5.41) is 10.2. The molecule has 1 aliphatic heterocycles. The number of carboxylic acids is 1. The van der Waals surface area contributed by atoms with Gasteiger partial charge in [-0.25, -0.2) is 0 Å². The Morgan fingerprint density at radius 3 is 2.59 bits per heavy atom. The number of nitrogens with two attached hydrogens (primary N) is 1. The minimum atomic E-state index is -0.923. The van der Waals surface area contributed by atoms with Crippen molar-refractivity contribution in [3.05, 3.63) is 52.5 Å². The van der Waals surface area contributed by atoms with E-state index in [0.29, 0.717) is 22.1 Å². The normalized spacial score (nSPS) is 19.5. The van der Waals surface area contributed by atoms with Crippen molar-refractivity contribution >= 4 is 19.9 Å². The van der Waals surface area contributed by atoms with Crippen molar-refractivity contribution in [3.8, 4) is 11.5 Å². The molecule has 0 unspecified atom stereocenters. The van der Waals surface area contributed by atoms with Crippen LogP contribution in [0.4, 0.5) is 0 Å². The quantitative estimate of drug-likeness (QED) is 0.825. The van der Waals surface area contributed by atoms with Crippen molar-refractivity contribution in [2.75, 3.05) is 6.54 Å². The molecule has 0 fully saturated rings. The van der Waals surface area contributed by atoms with Crippen molar-refractivity contribution < 1.29 is 45.6 Å². The summed E-state index contributed by atoms with van der Waals surface area (Å²) in [6, 6.07) is 10.9. The molecular weight excluding hydrogens is 379 g/mol. The standard InChI is InChI=1S/C16H13ClNO3.Y/c17-9-5-6-14-11(7-9)15(16(19)20)12(8-18)10-3-1-2-4-13(10)21-14;/h2-7,12,15H,8,18H2,(H,19,20);/t12-,15-;/m1./s1.